The summed E-state index contributed by atoms with van der Waals surface area (Å²) >= 11 is 3.12. The fraction of sp³-hybridized carbons (Fsp3) is 0.429. The van der Waals surface area contributed by atoms with Crippen LogP contribution in [-0.2, 0) is 11.3 Å². The Balaban J connectivity index is 1.52. The quantitative estimate of drug-likeness (QED) is 0.808. The maximum atomic E-state index is 12.1. The zero-order valence-corrected chi connectivity index (χ0v) is 14.4. The lowest BCUT2D eigenvalue weighted by atomic mass is 10.3. The Morgan fingerprint density at radius 1 is 1.42 bits per heavy atom. The number of anilines is 1. The lowest BCUT2D eigenvalue weighted by Gasteiger charge is -2.25. The van der Waals surface area contributed by atoms with Gasteiger partial charge in [-0.25, -0.2) is 0 Å². The molecular formula is C14H16N4O4S2. The van der Waals surface area contributed by atoms with Gasteiger partial charge in [-0.3, -0.25) is 19.8 Å². The van der Waals surface area contributed by atoms with Crippen LogP contribution in [0.5, 0.6) is 5.75 Å². The number of carbonyl (C=O) groups is 1. The average molecular weight is 368 g/mol. The standard InChI is InChI=1S/C14H16N4O4S2/c19-11-5-10(6-18-1-3-23-4-2-18)21-7-12(11)22-8-13(20)16-14-17-15-9-24-14/h5,7,9H,1-4,6,8H2,(H,16,17,20). The van der Waals surface area contributed by atoms with Gasteiger partial charge in [0.25, 0.3) is 5.91 Å². The first kappa shape index (κ1) is 16.9. The van der Waals surface area contributed by atoms with Gasteiger partial charge in [0.1, 0.15) is 17.5 Å². The van der Waals surface area contributed by atoms with Crippen LogP contribution in [0.15, 0.2) is 27.1 Å². The van der Waals surface area contributed by atoms with Gasteiger partial charge < -0.3 is 9.15 Å². The van der Waals surface area contributed by atoms with Crippen molar-refractivity contribution in [2.75, 3.05) is 36.5 Å². The molecule has 1 amide bonds. The smallest absolute Gasteiger partial charge is 0.264 e. The third kappa shape index (κ3) is 4.79. The fourth-order valence-corrected chi connectivity index (χ4v) is 3.57. The van der Waals surface area contributed by atoms with E-state index >= 15 is 0 Å². The molecule has 0 unspecified atom stereocenters. The molecule has 2 aromatic rings. The van der Waals surface area contributed by atoms with E-state index in [0.29, 0.717) is 17.4 Å². The molecule has 0 bridgehead atoms. The molecule has 1 aliphatic rings. The molecule has 10 heteroatoms. The van der Waals surface area contributed by atoms with Crippen molar-refractivity contribution in [1.29, 1.82) is 0 Å². The molecule has 0 spiro atoms. The van der Waals surface area contributed by atoms with Crippen molar-refractivity contribution in [2.45, 2.75) is 6.54 Å². The van der Waals surface area contributed by atoms with Gasteiger partial charge >= 0.3 is 0 Å². The Morgan fingerprint density at radius 2 is 2.25 bits per heavy atom. The van der Waals surface area contributed by atoms with E-state index in [9.17, 15) is 9.59 Å². The highest BCUT2D eigenvalue weighted by atomic mass is 32.2. The second-order valence-electron chi connectivity index (χ2n) is 5.04. The van der Waals surface area contributed by atoms with Gasteiger partial charge in [-0.05, 0) is 0 Å². The molecule has 128 valence electrons. The molecule has 2 aromatic heterocycles. The summed E-state index contributed by atoms with van der Waals surface area (Å²) in [6.45, 7) is 2.28. The number of hydrogen-bond acceptors (Lipinski definition) is 9. The van der Waals surface area contributed by atoms with Gasteiger partial charge in [0.15, 0.2) is 6.61 Å². The van der Waals surface area contributed by atoms with E-state index in [0.717, 1.165) is 24.6 Å². The molecule has 3 rings (SSSR count). The molecule has 0 saturated carbocycles. The molecule has 0 radical (unpaired) electrons. The maximum absolute atomic E-state index is 12.1. The average Bonchev–Trinajstić information content (AvgIpc) is 3.08. The first-order valence-electron chi connectivity index (χ1n) is 7.31. The third-order valence-corrected chi connectivity index (χ3v) is 4.85. The number of aromatic nitrogens is 2. The van der Waals surface area contributed by atoms with Crippen LogP contribution in [0.3, 0.4) is 0 Å². The minimum absolute atomic E-state index is 0.0142. The van der Waals surface area contributed by atoms with E-state index < -0.39 is 5.91 Å². The van der Waals surface area contributed by atoms with E-state index in [4.69, 9.17) is 9.15 Å². The van der Waals surface area contributed by atoms with Crippen molar-refractivity contribution >= 4 is 34.1 Å². The summed E-state index contributed by atoms with van der Waals surface area (Å²) in [6.07, 6.45) is 1.26. The molecule has 8 nitrogen and oxygen atoms in total. The van der Waals surface area contributed by atoms with Gasteiger partial charge in [0, 0.05) is 30.7 Å². The molecule has 1 fully saturated rings. The zero-order chi connectivity index (χ0) is 16.8. The molecular weight excluding hydrogens is 352 g/mol. The fourth-order valence-electron chi connectivity index (χ4n) is 2.13. The topological polar surface area (TPSA) is 97.6 Å². The SMILES string of the molecule is O=C(COc1coc(CN2CCSCC2)cc1=O)Nc1nncs1. The summed E-state index contributed by atoms with van der Waals surface area (Å²) in [7, 11) is 0. The lowest BCUT2D eigenvalue weighted by Crippen LogP contribution is -2.32. The van der Waals surface area contributed by atoms with Crippen LogP contribution in [0.4, 0.5) is 5.13 Å². The van der Waals surface area contributed by atoms with Crippen molar-refractivity contribution in [3.63, 3.8) is 0 Å². The maximum Gasteiger partial charge on any atom is 0.264 e. The van der Waals surface area contributed by atoms with Crippen molar-refractivity contribution in [3.8, 4) is 5.75 Å². The van der Waals surface area contributed by atoms with Crippen molar-refractivity contribution in [3.05, 3.63) is 33.8 Å². The number of ether oxygens (including phenoxy) is 1. The summed E-state index contributed by atoms with van der Waals surface area (Å²) in [4.78, 5) is 26.0. The predicted octanol–water partition coefficient (Wildman–Crippen LogP) is 1.06. The molecule has 1 N–H and O–H groups in total. The van der Waals surface area contributed by atoms with Crippen molar-refractivity contribution < 1.29 is 13.9 Å². The molecule has 0 aliphatic carbocycles. The number of rotatable bonds is 6. The highest BCUT2D eigenvalue weighted by Gasteiger charge is 2.14. The molecule has 0 aromatic carbocycles. The Kier molecular flexibility index (Phi) is 5.83. The predicted molar refractivity (Wildman–Crippen MR) is 91.6 cm³/mol. The second-order valence-corrected chi connectivity index (χ2v) is 7.10. The Morgan fingerprint density at radius 3 is 2.96 bits per heavy atom. The van der Waals surface area contributed by atoms with Crippen molar-refractivity contribution in [2.24, 2.45) is 0 Å². The minimum atomic E-state index is -0.416. The van der Waals surface area contributed by atoms with Gasteiger partial charge in [-0.15, -0.1) is 10.2 Å². The van der Waals surface area contributed by atoms with Crippen LogP contribution in [0, 0.1) is 0 Å². The molecule has 0 atom stereocenters. The largest absolute Gasteiger partial charge is 0.477 e. The Labute approximate surface area is 146 Å². The van der Waals surface area contributed by atoms with E-state index in [1.54, 1.807) is 0 Å². The number of nitrogens with zero attached hydrogens (tertiary/aromatic N) is 3. The van der Waals surface area contributed by atoms with E-state index in [1.165, 1.54) is 29.2 Å². The van der Waals surface area contributed by atoms with Gasteiger partial charge in [0.2, 0.25) is 16.3 Å². The number of hydrogen-bond donors (Lipinski definition) is 1. The van der Waals surface area contributed by atoms with Gasteiger partial charge in [-0.2, -0.15) is 11.8 Å². The molecule has 1 aliphatic heterocycles. The highest BCUT2D eigenvalue weighted by Crippen LogP contribution is 2.14. The van der Waals surface area contributed by atoms with Crippen LogP contribution >= 0.6 is 23.1 Å². The Bertz CT molecular complexity index is 729. The Hall–Kier alpha value is -1.91. The first-order valence-corrected chi connectivity index (χ1v) is 9.35. The van der Waals surface area contributed by atoms with Crippen LogP contribution in [0.25, 0.3) is 0 Å². The molecule has 3 heterocycles. The van der Waals surface area contributed by atoms with Crippen molar-refractivity contribution in [1.82, 2.24) is 15.1 Å². The first-order chi connectivity index (χ1) is 11.7. The summed E-state index contributed by atoms with van der Waals surface area (Å²) in [5.41, 5.74) is 1.21. The minimum Gasteiger partial charge on any atom is -0.477 e. The van der Waals surface area contributed by atoms with E-state index in [1.807, 2.05) is 11.8 Å². The molecule has 24 heavy (non-hydrogen) atoms. The normalized spacial score (nSPS) is 15.2. The van der Waals surface area contributed by atoms with E-state index in [2.05, 4.69) is 20.4 Å². The van der Waals surface area contributed by atoms with Crippen LogP contribution in [0.2, 0.25) is 0 Å². The summed E-state index contributed by atoms with van der Waals surface area (Å²) in [5.74, 6) is 2.38. The number of thioether (sulfide) groups is 1. The second kappa shape index (κ2) is 8.27. The number of carbonyl (C=O) groups excluding carboxylic acids is 1. The highest BCUT2D eigenvalue weighted by molar-refractivity contribution is 7.99. The summed E-state index contributed by atoms with van der Waals surface area (Å²) in [6, 6.07) is 1.42. The zero-order valence-electron chi connectivity index (χ0n) is 12.8. The van der Waals surface area contributed by atoms with Crippen LogP contribution in [0.1, 0.15) is 5.76 Å². The monoisotopic (exact) mass is 368 g/mol. The summed E-state index contributed by atoms with van der Waals surface area (Å²) < 4.78 is 10.7. The third-order valence-electron chi connectivity index (χ3n) is 3.30. The van der Waals surface area contributed by atoms with E-state index in [-0.39, 0.29) is 17.8 Å². The van der Waals surface area contributed by atoms with Gasteiger partial charge in [0.05, 0.1) is 6.54 Å². The van der Waals surface area contributed by atoms with Gasteiger partial charge in [-0.1, -0.05) is 11.3 Å². The molecule has 1 saturated heterocycles. The van der Waals surface area contributed by atoms with Crippen LogP contribution in [-0.4, -0.2) is 52.2 Å². The number of amides is 1. The van der Waals surface area contributed by atoms with Crippen LogP contribution < -0.4 is 15.5 Å². The number of nitrogens with one attached hydrogen (secondary N) is 1. The summed E-state index contributed by atoms with van der Waals surface area (Å²) in [5, 5.41) is 10.2. The lowest BCUT2D eigenvalue weighted by molar-refractivity contribution is -0.118.